The maximum absolute atomic E-state index is 13.0. The Bertz CT molecular complexity index is 901. The molecule has 0 aliphatic carbocycles. The number of carbonyl (C=O) groups is 1. The molecule has 1 amide bonds. The normalized spacial score (nSPS) is 10.6. The number of aromatic nitrogens is 1. The van der Waals surface area contributed by atoms with Crippen molar-refractivity contribution in [3.05, 3.63) is 99.8 Å². The Balaban J connectivity index is 1.67. The lowest BCUT2D eigenvalue weighted by molar-refractivity contribution is -0.131. The molecule has 0 unspecified atom stereocenters. The molecule has 1 heterocycles. The molecule has 28 heavy (non-hydrogen) atoms. The van der Waals surface area contributed by atoms with Gasteiger partial charge in [0, 0.05) is 31.9 Å². The highest BCUT2D eigenvalue weighted by Crippen LogP contribution is 2.26. The lowest BCUT2D eigenvalue weighted by Gasteiger charge is -2.23. The second kappa shape index (κ2) is 10.3. The fourth-order valence-electron chi connectivity index (χ4n) is 3.05. The Morgan fingerprint density at radius 1 is 0.893 bits per heavy atom. The second-order valence-electron chi connectivity index (χ2n) is 6.63. The van der Waals surface area contributed by atoms with Crippen LogP contribution in [0.5, 0.6) is 0 Å². The van der Waals surface area contributed by atoms with Crippen molar-refractivity contribution in [2.75, 3.05) is 6.54 Å². The summed E-state index contributed by atoms with van der Waals surface area (Å²) in [6.07, 6.45) is 5.30. The van der Waals surface area contributed by atoms with E-state index >= 15 is 0 Å². The third kappa shape index (κ3) is 5.82. The highest BCUT2D eigenvalue weighted by molar-refractivity contribution is 6.42. The molecule has 3 nitrogen and oxygen atoms in total. The minimum Gasteiger partial charge on any atom is -0.338 e. The Kier molecular flexibility index (Phi) is 7.46. The van der Waals surface area contributed by atoms with E-state index in [1.807, 2.05) is 47.4 Å². The van der Waals surface area contributed by atoms with Crippen LogP contribution in [0, 0.1) is 0 Å². The van der Waals surface area contributed by atoms with Crippen molar-refractivity contribution in [3.8, 4) is 0 Å². The summed E-state index contributed by atoms with van der Waals surface area (Å²) >= 11 is 12.3. The molecule has 0 spiro atoms. The molecule has 2 aromatic carbocycles. The molecule has 0 atom stereocenters. The zero-order valence-corrected chi connectivity index (χ0v) is 17.0. The van der Waals surface area contributed by atoms with Crippen molar-refractivity contribution in [2.45, 2.75) is 25.8 Å². The van der Waals surface area contributed by atoms with Gasteiger partial charge in [-0.2, -0.15) is 0 Å². The summed E-state index contributed by atoms with van der Waals surface area (Å²) in [6, 6.07) is 19.6. The van der Waals surface area contributed by atoms with Crippen molar-refractivity contribution in [1.82, 2.24) is 9.88 Å². The number of carbonyl (C=O) groups excluding carboxylic acids is 1. The minimum absolute atomic E-state index is 0.0934. The number of hydrogen-bond acceptors (Lipinski definition) is 2. The average molecular weight is 413 g/mol. The van der Waals surface area contributed by atoms with Gasteiger partial charge >= 0.3 is 0 Å². The van der Waals surface area contributed by atoms with Gasteiger partial charge in [0.15, 0.2) is 0 Å². The summed E-state index contributed by atoms with van der Waals surface area (Å²) in [5.74, 6) is 0.0934. The van der Waals surface area contributed by atoms with Crippen molar-refractivity contribution in [1.29, 1.82) is 0 Å². The molecular weight excluding hydrogens is 391 g/mol. The van der Waals surface area contributed by atoms with Crippen LogP contribution in [0.4, 0.5) is 0 Å². The van der Waals surface area contributed by atoms with E-state index in [4.69, 9.17) is 23.2 Å². The van der Waals surface area contributed by atoms with Crippen LogP contribution in [0.15, 0.2) is 73.1 Å². The summed E-state index contributed by atoms with van der Waals surface area (Å²) in [4.78, 5) is 19.0. The van der Waals surface area contributed by atoms with Crippen LogP contribution in [0.25, 0.3) is 0 Å². The van der Waals surface area contributed by atoms with Crippen LogP contribution in [-0.4, -0.2) is 22.3 Å². The predicted molar refractivity (Wildman–Crippen MR) is 115 cm³/mol. The Morgan fingerprint density at radius 2 is 1.68 bits per heavy atom. The van der Waals surface area contributed by atoms with E-state index in [0.717, 1.165) is 17.5 Å². The zero-order valence-electron chi connectivity index (χ0n) is 15.5. The topological polar surface area (TPSA) is 33.2 Å². The smallest absolute Gasteiger partial charge is 0.223 e. The third-order valence-corrected chi connectivity index (χ3v) is 5.46. The number of pyridine rings is 1. The van der Waals surface area contributed by atoms with E-state index < -0.39 is 0 Å². The maximum atomic E-state index is 13.0. The number of halogens is 2. The Hall–Kier alpha value is -2.36. The first-order valence-corrected chi connectivity index (χ1v) is 10.0. The monoisotopic (exact) mass is 412 g/mol. The fourth-order valence-corrected chi connectivity index (χ4v) is 3.47. The molecule has 3 aromatic rings. The van der Waals surface area contributed by atoms with Crippen LogP contribution in [0.1, 0.15) is 23.1 Å². The summed E-state index contributed by atoms with van der Waals surface area (Å²) in [5, 5.41) is 1.04. The first kappa shape index (κ1) is 20.4. The standard InChI is InChI=1S/C23H22Cl2N2O/c24-21-10-4-9-20(23(21)25)11-12-22(28)27(17-19-8-5-14-26-16-19)15-13-18-6-2-1-3-7-18/h1-10,14,16H,11-13,15,17H2. The number of amides is 1. The van der Waals surface area contributed by atoms with E-state index in [0.29, 0.717) is 36.0 Å². The number of rotatable bonds is 8. The van der Waals surface area contributed by atoms with Crippen LogP contribution in [0.2, 0.25) is 10.0 Å². The molecule has 0 aliphatic rings. The first-order valence-electron chi connectivity index (χ1n) is 9.27. The molecule has 5 heteroatoms. The number of nitrogens with zero attached hydrogens (tertiary/aromatic N) is 2. The molecule has 0 saturated heterocycles. The average Bonchev–Trinajstić information content (AvgIpc) is 2.73. The van der Waals surface area contributed by atoms with Crippen LogP contribution in [0.3, 0.4) is 0 Å². The molecule has 1 aromatic heterocycles. The van der Waals surface area contributed by atoms with Gasteiger partial charge in [0.1, 0.15) is 0 Å². The van der Waals surface area contributed by atoms with Gasteiger partial charge in [-0.15, -0.1) is 0 Å². The SMILES string of the molecule is O=C(CCc1cccc(Cl)c1Cl)N(CCc1ccccc1)Cc1cccnc1. The van der Waals surface area contributed by atoms with E-state index in [1.54, 1.807) is 18.5 Å². The molecule has 0 aliphatic heterocycles. The number of hydrogen-bond donors (Lipinski definition) is 0. The van der Waals surface area contributed by atoms with Gasteiger partial charge in [-0.05, 0) is 41.7 Å². The van der Waals surface area contributed by atoms with Crippen LogP contribution < -0.4 is 0 Å². The van der Waals surface area contributed by atoms with Crippen molar-refractivity contribution in [2.24, 2.45) is 0 Å². The quantitative estimate of drug-likeness (QED) is 0.482. The summed E-state index contributed by atoms with van der Waals surface area (Å²) in [5.41, 5.74) is 3.13. The molecule has 0 radical (unpaired) electrons. The number of benzene rings is 2. The van der Waals surface area contributed by atoms with Crippen molar-refractivity contribution >= 4 is 29.1 Å². The fraction of sp³-hybridized carbons (Fsp3) is 0.217. The third-order valence-electron chi connectivity index (χ3n) is 4.60. The van der Waals surface area contributed by atoms with E-state index in [2.05, 4.69) is 17.1 Å². The van der Waals surface area contributed by atoms with Gasteiger partial charge in [-0.1, -0.05) is 71.7 Å². The van der Waals surface area contributed by atoms with Gasteiger partial charge in [0.25, 0.3) is 0 Å². The van der Waals surface area contributed by atoms with Gasteiger partial charge in [0.05, 0.1) is 10.0 Å². The molecule has 0 saturated carbocycles. The Labute approximate surface area is 175 Å². The van der Waals surface area contributed by atoms with E-state index in [1.165, 1.54) is 5.56 Å². The Morgan fingerprint density at radius 3 is 2.43 bits per heavy atom. The largest absolute Gasteiger partial charge is 0.338 e. The summed E-state index contributed by atoms with van der Waals surface area (Å²) in [7, 11) is 0. The first-order chi connectivity index (χ1) is 13.6. The van der Waals surface area contributed by atoms with Gasteiger partial charge in [-0.3, -0.25) is 9.78 Å². The zero-order chi connectivity index (χ0) is 19.8. The predicted octanol–water partition coefficient (Wildman–Crippen LogP) is 5.59. The molecule has 0 bridgehead atoms. The molecule has 0 N–H and O–H groups in total. The minimum atomic E-state index is 0.0934. The van der Waals surface area contributed by atoms with E-state index in [-0.39, 0.29) is 5.91 Å². The second-order valence-corrected chi connectivity index (χ2v) is 7.41. The highest BCUT2D eigenvalue weighted by Gasteiger charge is 2.15. The summed E-state index contributed by atoms with van der Waals surface area (Å²) < 4.78 is 0. The van der Waals surface area contributed by atoms with Gasteiger partial charge in [-0.25, -0.2) is 0 Å². The number of aryl methyl sites for hydroxylation is 1. The van der Waals surface area contributed by atoms with Crippen LogP contribution >= 0.6 is 23.2 Å². The van der Waals surface area contributed by atoms with Gasteiger partial charge in [0.2, 0.25) is 5.91 Å². The molecule has 144 valence electrons. The molecule has 0 fully saturated rings. The lowest BCUT2D eigenvalue weighted by atomic mass is 10.1. The molecule has 3 rings (SSSR count). The van der Waals surface area contributed by atoms with Crippen molar-refractivity contribution in [3.63, 3.8) is 0 Å². The van der Waals surface area contributed by atoms with Crippen molar-refractivity contribution < 1.29 is 4.79 Å². The molecular formula is C23H22Cl2N2O. The van der Waals surface area contributed by atoms with Gasteiger partial charge < -0.3 is 4.90 Å². The van der Waals surface area contributed by atoms with E-state index in [9.17, 15) is 4.79 Å². The highest BCUT2D eigenvalue weighted by atomic mass is 35.5. The van der Waals surface area contributed by atoms with Crippen LogP contribution in [-0.2, 0) is 24.2 Å². The summed E-state index contributed by atoms with van der Waals surface area (Å²) in [6.45, 7) is 1.20. The lowest BCUT2D eigenvalue weighted by Crippen LogP contribution is -2.32. The maximum Gasteiger partial charge on any atom is 0.223 e.